The minimum Gasteiger partial charge on any atom is -0.494 e. The molecule has 0 saturated carbocycles. The van der Waals surface area contributed by atoms with Crippen LogP contribution in [0.5, 0.6) is 11.5 Å². The quantitative estimate of drug-likeness (QED) is 0.785. The third kappa shape index (κ3) is 4.24. The second kappa shape index (κ2) is 7.49. The van der Waals surface area contributed by atoms with Crippen molar-refractivity contribution in [3.05, 3.63) is 36.2 Å². The van der Waals surface area contributed by atoms with Crippen molar-refractivity contribution in [2.75, 3.05) is 19.8 Å². The Labute approximate surface area is 118 Å². The highest BCUT2D eigenvalue weighted by Gasteiger charge is 2.00. The van der Waals surface area contributed by atoms with Gasteiger partial charge < -0.3 is 15.2 Å². The maximum atomic E-state index is 5.64. The van der Waals surface area contributed by atoms with E-state index in [1.54, 1.807) is 4.68 Å². The summed E-state index contributed by atoms with van der Waals surface area (Å²) in [6, 6.07) is 7.58. The molecule has 0 saturated heterocycles. The van der Waals surface area contributed by atoms with Gasteiger partial charge in [0, 0.05) is 12.6 Å². The average molecular weight is 276 g/mol. The molecule has 0 radical (unpaired) electrons. The van der Waals surface area contributed by atoms with Crippen molar-refractivity contribution in [3.63, 3.8) is 0 Å². The number of aromatic nitrogens is 3. The van der Waals surface area contributed by atoms with Crippen LogP contribution in [0.3, 0.4) is 0 Å². The second-order valence-electron chi connectivity index (χ2n) is 4.26. The molecular formula is C14H20N4O2. The standard InChI is InChI=1S/C14H20N4O2/c1-2-19-13-3-5-14(6-4-13)20-10-9-18-11-12(7-8-15)16-17-18/h3-6,11H,2,7-10,15H2,1H3. The van der Waals surface area contributed by atoms with E-state index < -0.39 is 0 Å². The molecule has 0 aliphatic rings. The fourth-order valence-corrected chi connectivity index (χ4v) is 1.77. The van der Waals surface area contributed by atoms with Gasteiger partial charge >= 0.3 is 0 Å². The molecule has 20 heavy (non-hydrogen) atoms. The van der Waals surface area contributed by atoms with Gasteiger partial charge in [-0.2, -0.15) is 0 Å². The number of hydrogen-bond acceptors (Lipinski definition) is 5. The van der Waals surface area contributed by atoms with E-state index in [4.69, 9.17) is 15.2 Å². The highest BCUT2D eigenvalue weighted by atomic mass is 16.5. The lowest BCUT2D eigenvalue weighted by Gasteiger charge is -2.07. The van der Waals surface area contributed by atoms with Gasteiger partial charge in [0.15, 0.2) is 0 Å². The molecule has 2 aromatic rings. The van der Waals surface area contributed by atoms with Gasteiger partial charge in [0.05, 0.1) is 18.8 Å². The van der Waals surface area contributed by atoms with E-state index in [-0.39, 0.29) is 0 Å². The number of benzene rings is 1. The third-order valence-corrected chi connectivity index (χ3v) is 2.71. The van der Waals surface area contributed by atoms with Crippen LogP contribution in [0, 0.1) is 0 Å². The van der Waals surface area contributed by atoms with Gasteiger partial charge in [0.1, 0.15) is 18.1 Å². The highest BCUT2D eigenvalue weighted by molar-refractivity contribution is 5.31. The van der Waals surface area contributed by atoms with Crippen molar-refractivity contribution in [2.45, 2.75) is 19.9 Å². The topological polar surface area (TPSA) is 75.2 Å². The first-order valence-electron chi connectivity index (χ1n) is 6.76. The Kier molecular flexibility index (Phi) is 5.37. The SMILES string of the molecule is CCOc1ccc(OCCn2cc(CCN)nn2)cc1. The van der Waals surface area contributed by atoms with Crippen molar-refractivity contribution < 1.29 is 9.47 Å². The van der Waals surface area contributed by atoms with Gasteiger partial charge in [0.2, 0.25) is 0 Å². The zero-order chi connectivity index (χ0) is 14.2. The third-order valence-electron chi connectivity index (χ3n) is 2.71. The van der Waals surface area contributed by atoms with Crippen LogP contribution in [0.4, 0.5) is 0 Å². The zero-order valence-electron chi connectivity index (χ0n) is 11.7. The Morgan fingerprint density at radius 3 is 2.50 bits per heavy atom. The van der Waals surface area contributed by atoms with Crippen LogP contribution in [0.1, 0.15) is 12.6 Å². The van der Waals surface area contributed by atoms with Crippen molar-refractivity contribution in [3.8, 4) is 11.5 Å². The molecule has 1 aromatic carbocycles. The predicted octanol–water partition coefficient (Wildman–Crippen LogP) is 1.26. The van der Waals surface area contributed by atoms with Gasteiger partial charge in [0.25, 0.3) is 0 Å². The van der Waals surface area contributed by atoms with E-state index in [2.05, 4.69) is 10.3 Å². The smallest absolute Gasteiger partial charge is 0.119 e. The first-order chi connectivity index (χ1) is 9.81. The summed E-state index contributed by atoms with van der Waals surface area (Å²) in [5.74, 6) is 1.67. The minimum absolute atomic E-state index is 0.541. The van der Waals surface area contributed by atoms with Crippen molar-refractivity contribution in [1.82, 2.24) is 15.0 Å². The molecule has 0 bridgehead atoms. The van der Waals surface area contributed by atoms with Gasteiger partial charge in [-0.25, -0.2) is 4.68 Å². The van der Waals surface area contributed by atoms with E-state index in [9.17, 15) is 0 Å². The molecule has 0 unspecified atom stereocenters. The maximum Gasteiger partial charge on any atom is 0.119 e. The maximum absolute atomic E-state index is 5.64. The largest absolute Gasteiger partial charge is 0.494 e. The van der Waals surface area contributed by atoms with E-state index in [1.807, 2.05) is 37.4 Å². The molecule has 6 nitrogen and oxygen atoms in total. The van der Waals surface area contributed by atoms with Gasteiger partial charge in [-0.05, 0) is 37.7 Å². The molecule has 1 heterocycles. The molecule has 2 rings (SSSR count). The number of hydrogen-bond donors (Lipinski definition) is 1. The van der Waals surface area contributed by atoms with Crippen molar-refractivity contribution in [1.29, 1.82) is 0 Å². The van der Waals surface area contributed by atoms with Crippen LogP contribution in [-0.4, -0.2) is 34.8 Å². The summed E-state index contributed by atoms with van der Waals surface area (Å²) in [6.07, 6.45) is 2.65. The lowest BCUT2D eigenvalue weighted by Crippen LogP contribution is -2.08. The molecule has 0 amide bonds. The Morgan fingerprint density at radius 2 is 1.85 bits per heavy atom. The molecule has 0 spiro atoms. The van der Waals surface area contributed by atoms with Crippen molar-refractivity contribution in [2.24, 2.45) is 5.73 Å². The molecule has 0 fully saturated rings. The number of ether oxygens (including phenoxy) is 2. The zero-order valence-corrected chi connectivity index (χ0v) is 11.7. The normalized spacial score (nSPS) is 10.5. The summed E-state index contributed by atoms with van der Waals surface area (Å²) in [5, 5.41) is 8.04. The molecule has 2 N–H and O–H groups in total. The van der Waals surface area contributed by atoms with E-state index >= 15 is 0 Å². The van der Waals surface area contributed by atoms with E-state index in [1.165, 1.54) is 0 Å². The summed E-state index contributed by atoms with van der Waals surface area (Å²) in [7, 11) is 0. The summed E-state index contributed by atoms with van der Waals surface area (Å²) in [6.45, 7) is 4.41. The lowest BCUT2D eigenvalue weighted by atomic mass is 10.3. The molecular weight excluding hydrogens is 256 g/mol. The van der Waals surface area contributed by atoms with Gasteiger partial charge in [-0.15, -0.1) is 5.10 Å². The van der Waals surface area contributed by atoms with Gasteiger partial charge in [-0.3, -0.25) is 0 Å². The predicted molar refractivity (Wildman–Crippen MR) is 75.9 cm³/mol. The number of rotatable bonds is 8. The molecule has 0 aliphatic heterocycles. The molecule has 0 aliphatic carbocycles. The van der Waals surface area contributed by atoms with Crippen LogP contribution < -0.4 is 15.2 Å². The second-order valence-corrected chi connectivity index (χ2v) is 4.26. The van der Waals surface area contributed by atoms with E-state index in [0.717, 1.165) is 23.6 Å². The summed E-state index contributed by atoms with van der Waals surface area (Å²) >= 11 is 0. The molecule has 1 aromatic heterocycles. The van der Waals surface area contributed by atoms with E-state index in [0.29, 0.717) is 26.3 Å². The molecule has 0 atom stereocenters. The molecule has 6 heteroatoms. The fraction of sp³-hybridized carbons (Fsp3) is 0.429. The average Bonchev–Trinajstić information content (AvgIpc) is 2.89. The first kappa shape index (κ1) is 14.3. The Balaban J connectivity index is 1.76. The molecule has 108 valence electrons. The lowest BCUT2D eigenvalue weighted by molar-refractivity contribution is 0.288. The number of nitrogens with two attached hydrogens (primary N) is 1. The van der Waals surface area contributed by atoms with Crippen LogP contribution in [0.25, 0.3) is 0 Å². The highest BCUT2D eigenvalue weighted by Crippen LogP contribution is 2.17. The fourth-order valence-electron chi connectivity index (χ4n) is 1.77. The summed E-state index contributed by atoms with van der Waals surface area (Å²) in [5.41, 5.74) is 6.38. The summed E-state index contributed by atoms with van der Waals surface area (Å²) < 4.78 is 12.8. The van der Waals surface area contributed by atoms with Crippen molar-refractivity contribution >= 4 is 0 Å². The minimum atomic E-state index is 0.541. The van der Waals surface area contributed by atoms with Crippen LogP contribution in [0.2, 0.25) is 0 Å². The van der Waals surface area contributed by atoms with Crippen LogP contribution >= 0.6 is 0 Å². The Hall–Kier alpha value is -2.08. The first-order valence-corrected chi connectivity index (χ1v) is 6.76. The van der Waals surface area contributed by atoms with Crippen LogP contribution in [0.15, 0.2) is 30.5 Å². The monoisotopic (exact) mass is 276 g/mol. The Bertz CT molecular complexity index is 510. The van der Waals surface area contributed by atoms with Crippen LogP contribution in [-0.2, 0) is 13.0 Å². The van der Waals surface area contributed by atoms with Gasteiger partial charge in [-0.1, -0.05) is 5.21 Å². The number of nitrogens with zero attached hydrogens (tertiary/aromatic N) is 3. The summed E-state index contributed by atoms with van der Waals surface area (Å²) in [4.78, 5) is 0. The Morgan fingerprint density at radius 1 is 1.15 bits per heavy atom.